The van der Waals surface area contributed by atoms with Gasteiger partial charge in [-0.1, -0.05) is 68.1 Å². The molecular weight excluding hydrogens is 448 g/mol. The fourth-order valence-electron chi connectivity index (χ4n) is 5.84. The van der Waals surface area contributed by atoms with Crippen LogP contribution in [0.1, 0.15) is 79.6 Å². The molecule has 0 saturated heterocycles. The number of aromatic amines is 1. The normalized spacial score (nSPS) is 15.6. The fraction of sp³-hybridized carbons (Fsp3) is 0.448. The van der Waals surface area contributed by atoms with Crippen LogP contribution in [-0.4, -0.2) is 36.1 Å². The molecule has 0 amide bonds. The molecule has 0 bridgehead atoms. The summed E-state index contributed by atoms with van der Waals surface area (Å²) in [4.78, 5) is 18.9. The Morgan fingerprint density at radius 1 is 1.08 bits per heavy atom. The van der Waals surface area contributed by atoms with Crippen LogP contribution in [0, 0.1) is 13.8 Å². The predicted molar refractivity (Wildman–Crippen MR) is 143 cm³/mol. The van der Waals surface area contributed by atoms with Crippen LogP contribution in [-0.2, 0) is 13.1 Å². The van der Waals surface area contributed by atoms with Crippen molar-refractivity contribution in [3.05, 3.63) is 87.0 Å². The van der Waals surface area contributed by atoms with Crippen LogP contribution < -0.4 is 5.56 Å². The summed E-state index contributed by atoms with van der Waals surface area (Å²) >= 11 is 0. The molecule has 2 heterocycles. The molecule has 1 fully saturated rings. The van der Waals surface area contributed by atoms with Gasteiger partial charge in [-0.05, 0) is 72.2 Å². The summed E-state index contributed by atoms with van der Waals surface area (Å²) in [6, 6.07) is 17.1. The summed E-state index contributed by atoms with van der Waals surface area (Å²) in [6.45, 7) is 7.57. The molecule has 7 heteroatoms. The van der Waals surface area contributed by atoms with Crippen LogP contribution in [0.5, 0.6) is 0 Å². The Morgan fingerprint density at radius 2 is 1.86 bits per heavy atom. The molecule has 0 unspecified atom stereocenters. The summed E-state index contributed by atoms with van der Waals surface area (Å²) in [6.07, 6.45) is 6.87. The van der Waals surface area contributed by atoms with Crippen LogP contribution >= 0.6 is 0 Å². The third-order valence-electron chi connectivity index (χ3n) is 7.59. The number of hydrogen-bond acceptors (Lipinski definition) is 5. The number of nitrogens with zero attached hydrogens (tertiary/aromatic N) is 5. The standard InChI is InChI=1S/C29H36N6O/c1-4-26(28-31-32-33-35(28)18-22-11-7-5-8-12-22)34(25-13-9-6-10-14-25)19-24-17-23-16-20(2)15-21(3)27(23)30-29(24)36/h5,7-8,11-12,15-17,25-26H,4,6,9-10,13-14,18-19H2,1-3H3,(H,30,36)/t26-/m0/s1. The van der Waals surface area contributed by atoms with E-state index < -0.39 is 0 Å². The lowest BCUT2D eigenvalue weighted by Crippen LogP contribution is -2.41. The Bertz CT molecular complexity index is 1370. The van der Waals surface area contributed by atoms with Crippen molar-refractivity contribution in [1.29, 1.82) is 0 Å². The number of aromatic nitrogens is 5. The largest absolute Gasteiger partial charge is 0.321 e. The molecule has 1 saturated carbocycles. The van der Waals surface area contributed by atoms with Gasteiger partial charge < -0.3 is 4.98 Å². The number of pyridine rings is 1. The average Bonchev–Trinajstić information content (AvgIpc) is 3.33. The number of benzene rings is 2. The maximum absolute atomic E-state index is 13.3. The number of hydrogen-bond donors (Lipinski definition) is 1. The molecular formula is C29H36N6O. The lowest BCUT2D eigenvalue weighted by molar-refractivity contribution is 0.0844. The minimum atomic E-state index is -0.00556. The van der Waals surface area contributed by atoms with Gasteiger partial charge in [-0.2, -0.15) is 0 Å². The van der Waals surface area contributed by atoms with Gasteiger partial charge in [0, 0.05) is 18.2 Å². The molecule has 7 nitrogen and oxygen atoms in total. The van der Waals surface area contributed by atoms with E-state index in [1.54, 1.807) is 0 Å². The highest BCUT2D eigenvalue weighted by Crippen LogP contribution is 2.33. The molecule has 2 aromatic heterocycles. The second-order valence-corrected chi connectivity index (χ2v) is 10.2. The van der Waals surface area contributed by atoms with Crippen molar-refractivity contribution in [2.24, 2.45) is 0 Å². The third-order valence-corrected chi connectivity index (χ3v) is 7.59. The minimum absolute atomic E-state index is 0.00556. The maximum atomic E-state index is 13.3. The molecule has 5 rings (SSSR count). The van der Waals surface area contributed by atoms with E-state index >= 15 is 0 Å². The van der Waals surface area contributed by atoms with Crippen molar-refractivity contribution in [3.63, 3.8) is 0 Å². The minimum Gasteiger partial charge on any atom is -0.321 e. The van der Waals surface area contributed by atoms with Gasteiger partial charge in [-0.25, -0.2) is 4.68 Å². The number of aryl methyl sites for hydroxylation is 2. The molecule has 2 aromatic carbocycles. The Balaban J connectivity index is 1.52. The van der Waals surface area contributed by atoms with E-state index in [-0.39, 0.29) is 11.6 Å². The molecule has 4 aromatic rings. The topological polar surface area (TPSA) is 79.7 Å². The van der Waals surface area contributed by atoms with E-state index in [1.165, 1.54) is 30.4 Å². The Morgan fingerprint density at radius 3 is 2.61 bits per heavy atom. The quantitative estimate of drug-likeness (QED) is 0.359. The van der Waals surface area contributed by atoms with Gasteiger partial charge in [0.05, 0.1) is 18.1 Å². The number of rotatable bonds is 8. The first-order valence-corrected chi connectivity index (χ1v) is 13.2. The van der Waals surface area contributed by atoms with E-state index in [4.69, 9.17) is 0 Å². The van der Waals surface area contributed by atoms with E-state index in [1.807, 2.05) is 22.9 Å². The zero-order valence-electron chi connectivity index (χ0n) is 21.6. The van der Waals surface area contributed by atoms with Gasteiger partial charge in [-0.3, -0.25) is 9.69 Å². The zero-order chi connectivity index (χ0) is 25.1. The smallest absolute Gasteiger partial charge is 0.252 e. The highest BCUT2D eigenvalue weighted by molar-refractivity contribution is 5.82. The van der Waals surface area contributed by atoms with Crippen LogP contribution in [0.2, 0.25) is 0 Å². The van der Waals surface area contributed by atoms with E-state index in [0.717, 1.165) is 47.1 Å². The molecule has 0 spiro atoms. The molecule has 0 radical (unpaired) electrons. The highest BCUT2D eigenvalue weighted by Gasteiger charge is 2.32. The lowest BCUT2D eigenvalue weighted by Gasteiger charge is -2.39. The van der Waals surface area contributed by atoms with Crippen molar-refractivity contribution in [2.45, 2.75) is 84.5 Å². The van der Waals surface area contributed by atoms with Crippen molar-refractivity contribution in [1.82, 2.24) is 30.1 Å². The summed E-state index contributed by atoms with van der Waals surface area (Å²) in [7, 11) is 0. The second kappa shape index (κ2) is 10.7. The van der Waals surface area contributed by atoms with Gasteiger partial charge in [-0.15, -0.1) is 5.10 Å². The van der Waals surface area contributed by atoms with Crippen molar-refractivity contribution < 1.29 is 0 Å². The van der Waals surface area contributed by atoms with E-state index in [9.17, 15) is 4.79 Å². The van der Waals surface area contributed by atoms with Crippen LogP contribution in [0.4, 0.5) is 0 Å². The van der Waals surface area contributed by atoms with Crippen LogP contribution in [0.3, 0.4) is 0 Å². The average molecular weight is 485 g/mol. The first kappa shape index (κ1) is 24.4. The molecule has 1 aliphatic rings. The molecule has 188 valence electrons. The Kier molecular flexibility index (Phi) is 7.28. The van der Waals surface area contributed by atoms with Crippen molar-refractivity contribution in [3.8, 4) is 0 Å². The lowest BCUT2D eigenvalue weighted by atomic mass is 9.92. The van der Waals surface area contributed by atoms with Gasteiger partial charge in [0.1, 0.15) is 0 Å². The first-order valence-electron chi connectivity index (χ1n) is 13.2. The molecule has 1 aliphatic carbocycles. The molecule has 1 N–H and O–H groups in total. The Labute approximate surface area is 212 Å². The monoisotopic (exact) mass is 484 g/mol. The summed E-state index contributed by atoms with van der Waals surface area (Å²) in [5.74, 6) is 0.871. The highest BCUT2D eigenvalue weighted by atomic mass is 16.1. The summed E-state index contributed by atoms with van der Waals surface area (Å²) in [5.41, 5.74) is 5.20. The van der Waals surface area contributed by atoms with E-state index in [2.05, 4.69) is 76.5 Å². The van der Waals surface area contributed by atoms with Crippen molar-refractivity contribution in [2.75, 3.05) is 0 Å². The number of H-pyrrole nitrogens is 1. The van der Waals surface area contributed by atoms with Crippen LogP contribution in [0.25, 0.3) is 10.9 Å². The summed E-state index contributed by atoms with van der Waals surface area (Å²) in [5, 5.41) is 14.0. The van der Waals surface area contributed by atoms with Crippen LogP contribution in [0.15, 0.2) is 53.3 Å². The van der Waals surface area contributed by atoms with Crippen molar-refractivity contribution >= 4 is 10.9 Å². The number of tetrazole rings is 1. The number of nitrogens with one attached hydrogen (secondary N) is 1. The third kappa shape index (κ3) is 5.12. The molecule has 0 aliphatic heterocycles. The first-order chi connectivity index (χ1) is 17.5. The maximum Gasteiger partial charge on any atom is 0.252 e. The number of fused-ring (bicyclic) bond motifs is 1. The second-order valence-electron chi connectivity index (χ2n) is 10.2. The molecule has 36 heavy (non-hydrogen) atoms. The summed E-state index contributed by atoms with van der Waals surface area (Å²) < 4.78 is 1.93. The van der Waals surface area contributed by atoms with Gasteiger partial charge in [0.2, 0.25) is 0 Å². The Hall–Kier alpha value is -3.32. The van der Waals surface area contributed by atoms with Gasteiger partial charge in [0.15, 0.2) is 5.82 Å². The fourth-order valence-corrected chi connectivity index (χ4v) is 5.84. The molecule has 1 atom stereocenters. The zero-order valence-corrected chi connectivity index (χ0v) is 21.6. The predicted octanol–water partition coefficient (Wildman–Crippen LogP) is 5.47. The van der Waals surface area contributed by atoms with Gasteiger partial charge in [0.25, 0.3) is 5.56 Å². The van der Waals surface area contributed by atoms with E-state index in [0.29, 0.717) is 19.1 Å². The van der Waals surface area contributed by atoms with Gasteiger partial charge >= 0.3 is 0 Å². The SMILES string of the molecule is CC[C@@H](c1nnnn1Cc1ccccc1)N(Cc1cc2cc(C)cc(C)c2[nH]c1=O)C1CCCCC1.